The number of hydrogen-bond acceptors (Lipinski definition) is 4. The molecule has 2 N–H and O–H groups in total. The molecule has 6 heteroatoms. The molecule has 0 saturated heterocycles. The van der Waals surface area contributed by atoms with Crippen molar-refractivity contribution in [2.75, 3.05) is 19.0 Å². The van der Waals surface area contributed by atoms with Crippen LogP contribution in [0, 0.1) is 5.92 Å². The Balaban J connectivity index is 1.96. The van der Waals surface area contributed by atoms with Gasteiger partial charge in [0.05, 0.1) is 0 Å². The Labute approximate surface area is 123 Å². The quantitative estimate of drug-likeness (QED) is 0.802. The summed E-state index contributed by atoms with van der Waals surface area (Å²) in [4.78, 5) is 22.7. The number of aliphatic carboxylic acids is 1. The number of methoxy groups -OCH3 is 1. The molecule has 1 saturated carbocycles. The van der Waals surface area contributed by atoms with Crippen LogP contribution in [-0.2, 0) is 14.3 Å². The second kappa shape index (κ2) is 6.13. The molecule has 0 radical (unpaired) electrons. The highest BCUT2D eigenvalue weighted by atomic mass is 16.5. The van der Waals surface area contributed by atoms with E-state index in [2.05, 4.69) is 5.32 Å². The van der Waals surface area contributed by atoms with Gasteiger partial charge >= 0.3 is 5.97 Å². The average Bonchev–Trinajstić information content (AvgIpc) is 3.30. The molecule has 6 nitrogen and oxygen atoms in total. The van der Waals surface area contributed by atoms with Crippen molar-refractivity contribution < 1.29 is 24.2 Å². The van der Waals surface area contributed by atoms with Gasteiger partial charge in [-0.3, -0.25) is 4.79 Å². The number of ether oxygens (including phenoxy) is 2. The summed E-state index contributed by atoms with van der Waals surface area (Å²) >= 11 is 0. The number of carbonyl (C=O) groups excluding carboxylic acids is 1. The topological polar surface area (TPSA) is 84.9 Å². The molecule has 0 bridgehead atoms. The van der Waals surface area contributed by atoms with Gasteiger partial charge in [0, 0.05) is 12.8 Å². The molecule has 0 aliphatic heterocycles. The SMILES string of the molecule is CO[C@@](C)(C(=O)Nc1ccc(OCC(=O)O)cc1)C1CC1. The van der Waals surface area contributed by atoms with Crippen LogP contribution in [0.5, 0.6) is 5.75 Å². The van der Waals surface area contributed by atoms with E-state index in [0.717, 1.165) is 12.8 Å². The normalized spacial score (nSPS) is 16.9. The first kappa shape index (κ1) is 15.3. The molecule has 0 aromatic heterocycles. The maximum atomic E-state index is 12.3. The average molecular weight is 293 g/mol. The summed E-state index contributed by atoms with van der Waals surface area (Å²) < 4.78 is 10.4. The molecule has 1 aromatic carbocycles. The molecule has 1 atom stereocenters. The van der Waals surface area contributed by atoms with Crippen LogP contribution in [0.2, 0.25) is 0 Å². The minimum absolute atomic E-state index is 0.174. The minimum Gasteiger partial charge on any atom is -0.482 e. The number of nitrogens with one attached hydrogen (secondary N) is 1. The number of carboxylic acid groups (broad SMARTS) is 1. The van der Waals surface area contributed by atoms with E-state index in [1.807, 2.05) is 0 Å². The molecular formula is C15H19NO5. The highest BCUT2D eigenvalue weighted by Crippen LogP contribution is 2.42. The van der Waals surface area contributed by atoms with Gasteiger partial charge in [-0.2, -0.15) is 0 Å². The first-order valence-electron chi connectivity index (χ1n) is 6.77. The molecule has 114 valence electrons. The summed E-state index contributed by atoms with van der Waals surface area (Å²) in [6.07, 6.45) is 2.00. The van der Waals surface area contributed by atoms with E-state index < -0.39 is 18.2 Å². The Morgan fingerprint density at radius 2 is 1.95 bits per heavy atom. The number of hydrogen-bond donors (Lipinski definition) is 2. The van der Waals surface area contributed by atoms with Crippen molar-refractivity contribution in [2.24, 2.45) is 5.92 Å². The standard InChI is InChI=1S/C15H19NO5/c1-15(20-2,10-3-4-10)14(19)16-11-5-7-12(8-6-11)21-9-13(17)18/h5-8,10H,3-4,9H2,1-2H3,(H,16,19)(H,17,18)/t15-/m1/s1. The molecule has 1 aromatic rings. The van der Waals surface area contributed by atoms with Gasteiger partial charge in [0.25, 0.3) is 5.91 Å². The van der Waals surface area contributed by atoms with Crippen molar-refractivity contribution in [2.45, 2.75) is 25.4 Å². The lowest BCUT2D eigenvalue weighted by molar-refractivity contribution is -0.139. The zero-order valence-electron chi connectivity index (χ0n) is 12.1. The van der Waals surface area contributed by atoms with Gasteiger partial charge in [0.2, 0.25) is 0 Å². The Bertz CT molecular complexity index is 523. The molecule has 21 heavy (non-hydrogen) atoms. The van der Waals surface area contributed by atoms with E-state index in [0.29, 0.717) is 11.4 Å². The first-order valence-corrected chi connectivity index (χ1v) is 6.77. The van der Waals surface area contributed by atoms with Crippen molar-refractivity contribution in [3.63, 3.8) is 0 Å². The molecule has 1 aliphatic carbocycles. The number of rotatable bonds is 7. The second-order valence-electron chi connectivity index (χ2n) is 5.25. The van der Waals surface area contributed by atoms with E-state index in [-0.39, 0.29) is 11.8 Å². The van der Waals surface area contributed by atoms with Crippen LogP contribution in [0.4, 0.5) is 5.69 Å². The van der Waals surface area contributed by atoms with Crippen LogP contribution < -0.4 is 10.1 Å². The molecule has 0 unspecified atom stereocenters. The van der Waals surface area contributed by atoms with Crippen LogP contribution in [0.3, 0.4) is 0 Å². The molecule has 0 spiro atoms. The Kier molecular flexibility index (Phi) is 4.47. The van der Waals surface area contributed by atoms with Crippen molar-refractivity contribution in [1.29, 1.82) is 0 Å². The molecule has 2 rings (SSSR count). The largest absolute Gasteiger partial charge is 0.482 e. The third-order valence-corrected chi connectivity index (χ3v) is 3.71. The Morgan fingerprint density at radius 1 is 1.33 bits per heavy atom. The Hall–Kier alpha value is -2.08. The number of benzene rings is 1. The maximum Gasteiger partial charge on any atom is 0.341 e. The zero-order valence-corrected chi connectivity index (χ0v) is 12.1. The van der Waals surface area contributed by atoms with Gasteiger partial charge in [-0.1, -0.05) is 0 Å². The molecular weight excluding hydrogens is 274 g/mol. The monoisotopic (exact) mass is 293 g/mol. The van der Waals surface area contributed by atoms with Crippen LogP contribution >= 0.6 is 0 Å². The lowest BCUT2D eigenvalue weighted by Gasteiger charge is -2.26. The van der Waals surface area contributed by atoms with Gasteiger partial charge in [0.15, 0.2) is 6.61 Å². The molecule has 1 amide bonds. The van der Waals surface area contributed by atoms with E-state index in [1.54, 1.807) is 38.3 Å². The van der Waals surface area contributed by atoms with Crippen LogP contribution in [0.25, 0.3) is 0 Å². The molecule has 0 heterocycles. The smallest absolute Gasteiger partial charge is 0.341 e. The molecule has 1 aliphatic rings. The lowest BCUT2D eigenvalue weighted by atomic mass is 9.99. The third kappa shape index (κ3) is 3.72. The summed E-state index contributed by atoms with van der Waals surface area (Å²) in [6, 6.07) is 6.55. The molecule has 1 fully saturated rings. The fourth-order valence-electron chi connectivity index (χ4n) is 2.11. The number of carboxylic acids is 1. The summed E-state index contributed by atoms with van der Waals surface area (Å²) in [6.45, 7) is 1.40. The number of carbonyl (C=O) groups is 2. The van der Waals surface area contributed by atoms with Crippen molar-refractivity contribution >= 4 is 17.6 Å². The minimum atomic E-state index is -1.03. The first-order chi connectivity index (χ1) is 9.95. The van der Waals surface area contributed by atoms with Crippen molar-refractivity contribution in [3.05, 3.63) is 24.3 Å². The fraction of sp³-hybridized carbons (Fsp3) is 0.467. The summed E-state index contributed by atoms with van der Waals surface area (Å²) in [5.74, 6) is -0.507. The summed E-state index contributed by atoms with van der Waals surface area (Å²) in [5.41, 5.74) is -0.190. The maximum absolute atomic E-state index is 12.3. The summed E-state index contributed by atoms with van der Waals surface area (Å²) in [7, 11) is 1.54. The van der Waals surface area contributed by atoms with E-state index in [9.17, 15) is 9.59 Å². The van der Waals surface area contributed by atoms with Gasteiger partial charge < -0.3 is 19.9 Å². The van der Waals surface area contributed by atoms with Gasteiger partial charge in [-0.25, -0.2) is 4.79 Å². The van der Waals surface area contributed by atoms with E-state index in [1.165, 1.54) is 0 Å². The highest BCUT2D eigenvalue weighted by molar-refractivity contribution is 5.97. The number of anilines is 1. The van der Waals surface area contributed by atoms with E-state index >= 15 is 0 Å². The van der Waals surface area contributed by atoms with Crippen LogP contribution in [0.15, 0.2) is 24.3 Å². The van der Waals surface area contributed by atoms with Gasteiger partial charge in [-0.15, -0.1) is 0 Å². The predicted molar refractivity (Wildman–Crippen MR) is 76.3 cm³/mol. The van der Waals surface area contributed by atoms with Crippen molar-refractivity contribution in [1.82, 2.24) is 0 Å². The Morgan fingerprint density at radius 3 is 2.43 bits per heavy atom. The summed E-state index contributed by atoms with van der Waals surface area (Å²) in [5, 5.41) is 11.3. The fourth-order valence-corrected chi connectivity index (χ4v) is 2.11. The highest BCUT2D eigenvalue weighted by Gasteiger charge is 2.47. The van der Waals surface area contributed by atoms with E-state index in [4.69, 9.17) is 14.6 Å². The second-order valence-corrected chi connectivity index (χ2v) is 5.25. The van der Waals surface area contributed by atoms with Crippen molar-refractivity contribution in [3.8, 4) is 5.75 Å². The van der Waals surface area contributed by atoms with Crippen LogP contribution in [0.1, 0.15) is 19.8 Å². The predicted octanol–water partition coefficient (Wildman–Crippen LogP) is 1.90. The van der Waals surface area contributed by atoms with Gasteiger partial charge in [0.1, 0.15) is 11.4 Å². The third-order valence-electron chi connectivity index (χ3n) is 3.71. The lowest BCUT2D eigenvalue weighted by Crippen LogP contribution is -2.44. The number of amides is 1. The van der Waals surface area contributed by atoms with Gasteiger partial charge in [-0.05, 0) is 49.9 Å². The van der Waals surface area contributed by atoms with Crippen LogP contribution in [-0.4, -0.2) is 36.3 Å². The zero-order chi connectivity index (χ0) is 15.5.